The van der Waals surface area contributed by atoms with Crippen molar-refractivity contribution in [3.63, 3.8) is 0 Å². The van der Waals surface area contributed by atoms with Gasteiger partial charge in [0, 0.05) is 25.4 Å². The number of hydrogen-bond acceptors (Lipinski definition) is 2. The molecule has 3 rings (SSSR count). The molecule has 2 atom stereocenters. The minimum absolute atomic E-state index is 0.165. The third-order valence-corrected chi connectivity index (χ3v) is 5.47. The largest absolute Gasteiger partial charge is 0.342 e. The number of carbonyl (C=O) groups is 1. The molecule has 1 saturated heterocycles. The Morgan fingerprint density at radius 1 is 1.04 bits per heavy atom. The molecule has 132 valence electrons. The Bertz CT molecular complexity index is 696. The molecule has 1 aliphatic heterocycles. The van der Waals surface area contributed by atoms with E-state index in [1.54, 1.807) is 0 Å². The Morgan fingerprint density at radius 2 is 1.64 bits per heavy atom. The van der Waals surface area contributed by atoms with Gasteiger partial charge >= 0.3 is 0 Å². The van der Waals surface area contributed by atoms with Crippen LogP contribution in [0, 0.1) is 5.92 Å². The third kappa shape index (κ3) is 3.93. The van der Waals surface area contributed by atoms with E-state index < -0.39 is 0 Å². The van der Waals surface area contributed by atoms with Crippen LogP contribution in [0.3, 0.4) is 0 Å². The second-order valence-electron chi connectivity index (χ2n) is 7.74. The maximum absolute atomic E-state index is 13.0. The molecule has 1 amide bonds. The first-order valence-corrected chi connectivity index (χ1v) is 9.09. The van der Waals surface area contributed by atoms with Crippen LogP contribution in [0.5, 0.6) is 0 Å². The maximum atomic E-state index is 13.0. The van der Waals surface area contributed by atoms with Gasteiger partial charge in [0.1, 0.15) is 0 Å². The SMILES string of the molecule is CC(C)(CC(=O)N1C[C@@H](CN)[C@H](c2ccccc2)C1)c1ccccc1. The van der Waals surface area contributed by atoms with Gasteiger partial charge in [-0.15, -0.1) is 0 Å². The summed E-state index contributed by atoms with van der Waals surface area (Å²) >= 11 is 0. The van der Waals surface area contributed by atoms with Crippen molar-refractivity contribution in [1.82, 2.24) is 4.90 Å². The lowest BCUT2D eigenvalue weighted by atomic mass is 9.81. The first-order chi connectivity index (χ1) is 12.0. The summed E-state index contributed by atoms with van der Waals surface area (Å²) < 4.78 is 0. The topological polar surface area (TPSA) is 46.3 Å². The van der Waals surface area contributed by atoms with Gasteiger partial charge in [0.25, 0.3) is 0 Å². The predicted molar refractivity (Wildman–Crippen MR) is 102 cm³/mol. The zero-order valence-electron chi connectivity index (χ0n) is 15.2. The number of rotatable bonds is 5. The summed E-state index contributed by atoms with van der Waals surface area (Å²) in [4.78, 5) is 15.0. The predicted octanol–water partition coefficient (Wildman–Crippen LogP) is 3.56. The van der Waals surface area contributed by atoms with Crippen molar-refractivity contribution in [2.45, 2.75) is 31.6 Å². The fourth-order valence-electron chi connectivity index (χ4n) is 3.87. The minimum atomic E-state index is -0.165. The number of nitrogens with two attached hydrogens (primary N) is 1. The van der Waals surface area contributed by atoms with Crippen LogP contribution in [0.1, 0.15) is 37.3 Å². The normalized spacial score (nSPS) is 20.7. The Labute approximate surface area is 150 Å². The lowest BCUT2D eigenvalue weighted by molar-refractivity contribution is -0.131. The van der Waals surface area contributed by atoms with Gasteiger partial charge in [-0.25, -0.2) is 0 Å². The number of nitrogens with zero attached hydrogens (tertiary/aromatic N) is 1. The van der Waals surface area contributed by atoms with Gasteiger partial charge in [-0.3, -0.25) is 4.79 Å². The fourth-order valence-corrected chi connectivity index (χ4v) is 3.87. The molecule has 0 saturated carbocycles. The van der Waals surface area contributed by atoms with Gasteiger partial charge in [-0.2, -0.15) is 0 Å². The van der Waals surface area contributed by atoms with Gasteiger partial charge in [0.05, 0.1) is 0 Å². The molecule has 0 aliphatic carbocycles. The molecule has 2 N–H and O–H groups in total. The van der Waals surface area contributed by atoms with Crippen molar-refractivity contribution in [1.29, 1.82) is 0 Å². The average Bonchev–Trinajstić information content (AvgIpc) is 3.07. The summed E-state index contributed by atoms with van der Waals surface area (Å²) in [6, 6.07) is 20.7. The second-order valence-corrected chi connectivity index (χ2v) is 7.74. The molecule has 0 unspecified atom stereocenters. The lowest BCUT2D eigenvalue weighted by Gasteiger charge is -2.27. The van der Waals surface area contributed by atoms with Crippen molar-refractivity contribution in [3.8, 4) is 0 Å². The Kier molecular flexibility index (Phi) is 5.24. The van der Waals surface area contributed by atoms with E-state index in [2.05, 4.69) is 50.2 Å². The van der Waals surface area contributed by atoms with E-state index in [0.717, 1.165) is 13.1 Å². The van der Waals surface area contributed by atoms with E-state index in [1.807, 2.05) is 29.2 Å². The molecule has 25 heavy (non-hydrogen) atoms. The highest BCUT2D eigenvalue weighted by molar-refractivity contribution is 5.78. The highest BCUT2D eigenvalue weighted by Crippen LogP contribution is 2.34. The van der Waals surface area contributed by atoms with E-state index in [9.17, 15) is 4.79 Å². The first-order valence-electron chi connectivity index (χ1n) is 9.09. The molecule has 0 spiro atoms. The van der Waals surface area contributed by atoms with Crippen molar-refractivity contribution in [2.24, 2.45) is 11.7 Å². The van der Waals surface area contributed by atoms with Crippen LogP contribution >= 0.6 is 0 Å². The van der Waals surface area contributed by atoms with Crippen LogP contribution in [0.2, 0.25) is 0 Å². The molecule has 3 nitrogen and oxygen atoms in total. The monoisotopic (exact) mass is 336 g/mol. The Hall–Kier alpha value is -2.13. The highest BCUT2D eigenvalue weighted by Gasteiger charge is 2.37. The van der Waals surface area contributed by atoms with Crippen LogP contribution in [0.15, 0.2) is 60.7 Å². The second kappa shape index (κ2) is 7.40. The van der Waals surface area contributed by atoms with Crippen LogP contribution in [-0.4, -0.2) is 30.4 Å². The summed E-state index contributed by atoms with van der Waals surface area (Å²) in [6.07, 6.45) is 0.524. The molecule has 1 aliphatic rings. The zero-order valence-corrected chi connectivity index (χ0v) is 15.2. The number of hydrogen-bond donors (Lipinski definition) is 1. The summed E-state index contributed by atoms with van der Waals surface area (Å²) in [5, 5.41) is 0. The van der Waals surface area contributed by atoms with Crippen molar-refractivity contribution >= 4 is 5.91 Å². The van der Waals surface area contributed by atoms with Gasteiger partial charge in [-0.05, 0) is 29.0 Å². The lowest BCUT2D eigenvalue weighted by Crippen LogP contribution is -2.34. The van der Waals surface area contributed by atoms with Gasteiger partial charge in [0.2, 0.25) is 5.91 Å². The van der Waals surface area contributed by atoms with E-state index in [-0.39, 0.29) is 11.3 Å². The van der Waals surface area contributed by atoms with E-state index in [4.69, 9.17) is 5.73 Å². The van der Waals surface area contributed by atoms with Crippen LogP contribution in [0.4, 0.5) is 0 Å². The van der Waals surface area contributed by atoms with Gasteiger partial charge < -0.3 is 10.6 Å². The molecule has 2 aromatic rings. The quantitative estimate of drug-likeness (QED) is 0.907. The fraction of sp³-hybridized carbons (Fsp3) is 0.409. The van der Waals surface area contributed by atoms with Crippen molar-refractivity contribution in [2.75, 3.05) is 19.6 Å². The molecule has 0 bridgehead atoms. The summed E-state index contributed by atoms with van der Waals surface area (Å²) in [7, 11) is 0. The molecular formula is C22H28N2O. The van der Waals surface area contributed by atoms with Crippen molar-refractivity contribution < 1.29 is 4.79 Å². The first kappa shape index (κ1) is 17.7. The number of benzene rings is 2. The molecule has 2 aromatic carbocycles. The van der Waals surface area contributed by atoms with Crippen LogP contribution in [-0.2, 0) is 10.2 Å². The zero-order chi connectivity index (χ0) is 17.9. The van der Waals surface area contributed by atoms with Crippen LogP contribution in [0.25, 0.3) is 0 Å². The van der Waals surface area contributed by atoms with Crippen LogP contribution < -0.4 is 5.73 Å². The summed E-state index contributed by atoms with van der Waals surface area (Å²) in [5.41, 5.74) is 8.33. The molecule has 3 heteroatoms. The summed E-state index contributed by atoms with van der Waals surface area (Å²) in [6.45, 7) is 6.44. The third-order valence-electron chi connectivity index (χ3n) is 5.47. The number of carbonyl (C=O) groups excluding carboxylic acids is 1. The Morgan fingerprint density at radius 3 is 2.24 bits per heavy atom. The molecular weight excluding hydrogens is 308 g/mol. The van der Waals surface area contributed by atoms with Gasteiger partial charge in [-0.1, -0.05) is 74.5 Å². The number of likely N-dealkylation sites (tertiary alicyclic amines) is 1. The summed E-state index contributed by atoms with van der Waals surface area (Å²) in [5.74, 6) is 0.909. The van der Waals surface area contributed by atoms with E-state index >= 15 is 0 Å². The average molecular weight is 336 g/mol. The van der Waals surface area contributed by atoms with E-state index in [1.165, 1.54) is 11.1 Å². The molecule has 1 heterocycles. The Balaban J connectivity index is 1.71. The number of amides is 1. The standard InChI is InChI=1S/C22H28N2O/c1-22(2,19-11-7-4-8-12-19)13-21(25)24-15-18(14-23)20(16-24)17-9-5-3-6-10-17/h3-12,18,20H,13-16,23H2,1-2H3/t18-,20+/m1/s1. The van der Waals surface area contributed by atoms with Gasteiger partial charge in [0.15, 0.2) is 0 Å². The molecule has 1 fully saturated rings. The van der Waals surface area contributed by atoms with E-state index in [0.29, 0.717) is 24.8 Å². The highest BCUT2D eigenvalue weighted by atomic mass is 16.2. The maximum Gasteiger partial charge on any atom is 0.223 e. The molecule has 0 radical (unpaired) electrons. The molecule has 0 aromatic heterocycles. The minimum Gasteiger partial charge on any atom is -0.342 e. The smallest absolute Gasteiger partial charge is 0.223 e. The van der Waals surface area contributed by atoms with Crippen molar-refractivity contribution in [3.05, 3.63) is 71.8 Å².